The summed E-state index contributed by atoms with van der Waals surface area (Å²) in [5.41, 5.74) is 6.65. The smallest absolute Gasteiger partial charge is 0.253 e. The molecule has 0 aromatic heterocycles. The zero-order chi connectivity index (χ0) is 13.3. The van der Waals surface area contributed by atoms with Crippen molar-refractivity contribution in [1.29, 1.82) is 0 Å². The van der Waals surface area contributed by atoms with Crippen LogP contribution < -0.4 is 5.73 Å². The highest BCUT2D eigenvalue weighted by atomic mass is 35.5. The van der Waals surface area contributed by atoms with E-state index >= 15 is 0 Å². The quantitative estimate of drug-likeness (QED) is 0.821. The van der Waals surface area contributed by atoms with E-state index in [2.05, 4.69) is 0 Å². The molecule has 1 aliphatic rings. The molecule has 0 unspecified atom stereocenters. The summed E-state index contributed by atoms with van der Waals surface area (Å²) in [6.07, 6.45) is 1.35. The lowest BCUT2D eigenvalue weighted by Gasteiger charge is -2.34. The molecule has 5 heteroatoms. The summed E-state index contributed by atoms with van der Waals surface area (Å²) in [6, 6.07) is 4.85. The number of carbonyl (C=O) groups excluding carboxylic acids is 1. The van der Waals surface area contributed by atoms with E-state index in [1.165, 1.54) is 0 Å². The average molecular weight is 269 g/mol. The summed E-state index contributed by atoms with van der Waals surface area (Å²) in [6.45, 7) is 0.655. The number of nitrogens with two attached hydrogens (primary N) is 1. The monoisotopic (exact) mass is 268 g/mol. The van der Waals surface area contributed by atoms with Crippen LogP contribution in [0, 0.1) is 5.92 Å². The fraction of sp³-hybridized carbons (Fsp3) is 0.462. The van der Waals surface area contributed by atoms with E-state index in [1.807, 2.05) is 0 Å². The molecule has 1 saturated carbocycles. The zero-order valence-electron chi connectivity index (χ0n) is 10.3. The van der Waals surface area contributed by atoms with E-state index in [0.717, 1.165) is 12.8 Å². The summed E-state index contributed by atoms with van der Waals surface area (Å²) in [5.74, 6) is 0.302. The van der Waals surface area contributed by atoms with Gasteiger partial charge in [0, 0.05) is 29.9 Å². The van der Waals surface area contributed by atoms with Crippen LogP contribution in [0.4, 0.5) is 5.69 Å². The van der Waals surface area contributed by atoms with E-state index < -0.39 is 0 Å². The van der Waals surface area contributed by atoms with Gasteiger partial charge in [-0.2, -0.15) is 0 Å². The first kappa shape index (κ1) is 13.2. The number of halogens is 1. The van der Waals surface area contributed by atoms with Gasteiger partial charge in [0.25, 0.3) is 5.91 Å². The van der Waals surface area contributed by atoms with E-state index in [-0.39, 0.29) is 12.0 Å². The number of anilines is 1. The van der Waals surface area contributed by atoms with Crippen LogP contribution in [0.3, 0.4) is 0 Å². The Kier molecular flexibility index (Phi) is 3.78. The fourth-order valence-electron chi connectivity index (χ4n) is 2.28. The largest absolute Gasteiger partial charge is 0.399 e. The third kappa shape index (κ3) is 2.94. The Morgan fingerprint density at radius 1 is 1.50 bits per heavy atom. The van der Waals surface area contributed by atoms with Crippen molar-refractivity contribution in [2.45, 2.75) is 18.9 Å². The summed E-state index contributed by atoms with van der Waals surface area (Å²) in [7, 11) is 1.75. The van der Waals surface area contributed by atoms with Crippen molar-refractivity contribution >= 4 is 23.2 Å². The number of nitrogens with zero attached hydrogens (tertiary/aromatic N) is 1. The van der Waals surface area contributed by atoms with E-state index in [1.54, 1.807) is 30.1 Å². The van der Waals surface area contributed by atoms with Crippen LogP contribution in [-0.2, 0) is 0 Å². The van der Waals surface area contributed by atoms with Gasteiger partial charge < -0.3 is 15.7 Å². The molecule has 18 heavy (non-hydrogen) atoms. The molecular formula is C13H17ClN2O2. The van der Waals surface area contributed by atoms with Gasteiger partial charge in [0.2, 0.25) is 0 Å². The van der Waals surface area contributed by atoms with Gasteiger partial charge in [-0.3, -0.25) is 4.79 Å². The number of benzene rings is 1. The highest BCUT2D eigenvalue weighted by molar-refractivity contribution is 6.31. The van der Waals surface area contributed by atoms with Crippen molar-refractivity contribution in [2.75, 3.05) is 19.3 Å². The maximum atomic E-state index is 12.2. The molecule has 0 spiro atoms. The van der Waals surface area contributed by atoms with Crippen LogP contribution in [0.2, 0.25) is 5.02 Å². The van der Waals surface area contributed by atoms with Crippen LogP contribution >= 0.6 is 11.6 Å². The summed E-state index contributed by atoms with van der Waals surface area (Å²) >= 11 is 5.88. The van der Waals surface area contributed by atoms with Crippen molar-refractivity contribution < 1.29 is 9.90 Å². The lowest BCUT2D eigenvalue weighted by atomic mass is 9.82. The molecule has 0 aliphatic heterocycles. The van der Waals surface area contributed by atoms with E-state index in [9.17, 15) is 9.90 Å². The molecule has 1 aliphatic carbocycles. The summed E-state index contributed by atoms with van der Waals surface area (Å²) < 4.78 is 0. The SMILES string of the molecule is CN(CC1CC(O)C1)C(=O)c1cc(N)cc(Cl)c1. The molecule has 0 radical (unpaired) electrons. The summed E-state index contributed by atoms with van der Waals surface area (Å²) in [5, 5.41) is 9.69. The predicted octanol–water partition coefficient (Wildman–Crippen LogP) is 1.77. The second-order valence-electron chi connectivity index (χ2n) is 4.95. The first-order valence-electron chi connectivity index (χ1n) is 5.95. The van der Waals surface area contributed by atoms with Crippen LogP contribution in [0.5, 0.6) is 0 Å². The molecule has 1 aromatic carbocycles. The number of rotatable bonds is 3. The Balaban J connectivity index is 2.01. The average Bonchev–Trinajstić information content (AvgIpc) is 2.24. The third-order valence-corrected chi connectivity index (χ3v) is 3.47. The van der Waals surface area contributed by atoms with Gasteiger partial charge in [-0.25, -0.2) is 0 Å². The Bertz CT molecular complexity index is 438. The second kappa shape index (κ2) is 5.16. The zero-order valence-corrected chi connectivity index (χ0v) is 11.0. The maximum absolute atomic E-state index is 12.2. The van der Waals surface area contributed by atoms with Gasteiger partial charge in [-0.05, 0) is 37.0 Å². The molecule has 98 valence electrons. The minimum Gasteiger partial charge on any atom is -0.399 e. The molecule has 0 atom stereocenters. The molecule has 0 heterocycles. The minimum absolute atomic E-state index is 0.0920. The van der Waals surface area contributed by atoms with Gasteiger partial charge in [-0.15, -0.1) is 0 Å². The van der Waals surface area contributed by atoms with Crippen molar-refractivity contribution in [3.63, 3.8) is 0 Å². The predicted molar refractivity (Wildman–Crippen MR) is 71.6 cm³/mol. The van der Waals surface area contributed by atoms with Gasteiger partial charge in [0.1, 0.15) is 0 Å². The lowest BCUT2D eigenvalue weighted by molar-refractivity contribution is 0.0265. The fourth-order valence-corrected chi connectivity index (χ4v) is 2.52. The van der Waals surface area contributed by atoms with Crippen LogP contribution in [-0.4, -0.2) is 35.6 Å². The standard InChI is InChI=1S/C13H17ClN2O2/c1-16(7-8-2-12(17)3-8)13(18)9-4-10(14)6-11(15)5-9/h4-6,8,12,17H,2-3,7,15H2,1H3. The summed E-state index contributed by atoms with van der Waals surface area (Å²) in [4.78, 5) is 13.8. The number of hydrogen-bond donors (Lipinski definition) is 2. The van der Waals surface area contributed by atoms with Crippen molar-refractivity contribution in [3.8, 4) is 0 Å². The van der Waals surface area contributed by atoms with E-state index in [4.69, 9.17) is 17.3 Å². The second-order valence-corrected chi connectivity index (χ2v) is 5.39. The number of carbonyl (C=O) groups is 1. The molecule has 3 N–H and O–H groups in total. The topological polar surface area (TPSA) is 66.6 Å². The molecule has 1 aromatic rings. The van der Waals surface area contributed by atoms with Crippen LogP contribution in [0.1, 0.15) is 23.2 Å². The van der Waals surface area contributed by atoms with Gasteiger partial charge >= 0.3 is 0 Å². The number of amides is 1. The Morgan fingerprint density at radius 2 is 2.17 bits per heavy atom. The van der Waals surface area contributed by atoms with Gasteiger partial charge in [-0.1, -0.05) is 11.6 Å². The first-order valence-corrected chi connectivity index (χ1v) is 6.33. The van der Waals surface area contributed by atoms with E-state index in [0.29, 0.717) is 28.7 Å². The number of aliphatic hydroxyl groups is 1. The highest BCUT2D eigenvalue weighted by Gasteiger charge is 2.29. The molecule has 4 nitrogen and oxygen atoms in total. The van der Waals surface area contributed by atoms with Crippen LogP contribution in [0.25, 0.3) is 0 Å². The van der Waals surface area contributed by atoms with Crippen molar-refractivity contribution in [2.24, 2.45) is 5.92 Å². The highest BCUT2D eigenvalue weighted by Crippen LogP contribution is 2.28. The third-order valence-electron chi connectivity index (χ3n) is 3.26. The van der Waals surface area contributed by atoms with Gasteiger partial charge in [0.05, 0.1) is 6.10 Å². The Labute approximate surface area is 111 Å². The molecule has 0 bridgehead atoms. The Hall–Kier alpha value is -1.26. The number of nitrogen functional groups attached to an aromatic ring is 1. The maximum Gasteiger partial charge on any atom is 0.253 e. The molecule has 0 saturated heterocycles. The lowest BCUT2D eigenvalue weighted by Crippen LogP contribution is -2.39. The number of hydrogen-bond acceptors (Lipinski definition) is 3. The molecular weight excluding hydrogens is 252 g/mol. The normalized spacial score (nSPS) is 22.4. The molecule has 1 fully saturated rings. The van der Waals surface area contributed by atoms with Crippen molar-refractivity contribution in [1.82, 2.24) is 4.90 Å². The minimum atomic E-state index is -0.194. The number of aliphatic hydroxyl groups excluding tert-OH is 1. The van der Waals surface area contributed by atoms with Crippen LogP contribution in [0.15, 0.2) is 18.2 Å². The molecule has 2 rings (SSSR count). The van der Waals surface area contributed by atoms with Crippen molar-refractivity contribution in [3.05, 3.63) is 28.8 Å². The Morgan fingerprint density at radius 3 is 2.72 bits per heavy atom. The van der Waals surface area contributed by atoms with Gasteiger partial charge in [0.15, 0.2) is 0 Å². The first-order chi connectivity index (χ1) is 8.45. The molecule has 1 amide bonds.